The zero-order valence-electron chi connectivity index (χ0n) is 58.4. The fraction of sp³-hybridized carbons (Fsp3) is 0.471. The number of hydrogen-bond acceptors (Lipinski definition) is 22. The topological polar surface area (TPSA) is 371 Å². The number of amides is 6. The number of alkyl carbamates (subject to hydrolysis) is 3. The molecule has 5 heterocycles. The number of likely N-dealkylation sites (tertiary alicyclic amines) is 3. The number of aliphatic carboxylic acids is 1. The number of methoxy groups -OCH3 is 3. The van der Waals surface area contributed by atoms with Gasteiger partial charge in [-0.3, -0.25) is 33.6 Å². The number of carbonyl (C=O) groups is 13. The fourth-order valence-electron chi connectivity index (χ4n) is 11.8. The first-order valence-electron chi connectivity index (χ1n) is 32.8. The molecule has 34 heteroatoms. The molecular weight excluding hydrogens is 1840 g/mol. The molecule has 4 aromatic carbocycles. The number of alkyl halides is 2. The van der Waals surface area contributed by atoms with Crippen LogP contribution < -0.4 is 41.5 Å². The van der Waals surface area contributed by atoms with E-state index in [9.17, 15) is 62.3 Å². The van der Waals surface area contributed by atoms with E-state index in [2.05, 4.69) is 121 Å². The van der Waals surface area contributed by atoms with Crippen LogP contribution in [0.2, 0.25) is 0 Å². The summed E-state index contributed by atoms with van der Waals surface area (Å²) >= 11 is 11.1. The van der Waals surface area contributed by atoms with Gasteiger partial charge in [-0.2, -0.15) is 0 Å². The Kier molecular flexibility index (Phi) is 34.9. The first kappa shape index (κ1) is 86.3. The molecule has 0 aromatic heterocycles. The third kappa shape index (κ3) is 22.7. The molecular formula is C70H83Br2I2N6O23Xe-. The van der Waals surface area contributed by atoms with Crippen LogP contribution in [0.5, 0.6) is 23.0 Å². The molecule has 4 aromatic rings. The van der Waals surface area contributed by atoms with Crippen molar-refractivity contribution < 1.29 is 157 Å². The van der Waals surface area contributed by atoms with Crippen molar-refractivity contribution in [1.82, 2.24) is 30.7 Å². The van der Waals surface area contributed by atoms with Gasteiger partial charge in [-0.25, -0.2) is 28.8 Å². The van der Waals surface area contributed by atoms with E-state index in [1.807, 2.05) is 18.2 Å². The van der Waals surface area contributed by atoms with Crippen LogP contribution in [-0.2, 0) is 52.5 Å². The Morgan fingerprint density at radius 3 is 1.14 bits per heavy atom. The minimum absolute atomic E-state index is 0.0274. The van der Waals surface area contributed by atoms with Gasteiger partial charge in [-0.05, 0) is 91.7 Å². The van der Waals surface area contributed by atoms with E-state index in [1.165, 1.54) is 42.1 Å². The Bertz CT molecular complexity index is 3790. The van der Waals surface area contributed by atoms with Crippen LogP contribution in [0.15, 0.2) is 72.8 Å². The number of carboxylic acid groups (broad SMARTS) is 1. The second-order valence-corrected chi connectivity index (χ2v) is 42.2. The fourth-order valence-corrected chi connectivity index (χ4v) is 12.4. The third-order valence-corrected chi connectivity index (χ3v) is 18.2. The molecule has 0 saturated carbocycles. The summed E-state index contributed by atoms with van der Waals surface area (Å²) in [5.74, 6) is -4.06. The van der Waals surface area contributed by atoms with E-state index in [0.29, 0.717) is 97.3 Å². The van der Waals surface area contributed by atoms with Gasteiger partial charge >= 0.3 is 102 Å². The maximum atomic E-state index is 13.3. The van der Waals surface area contributed by atoms with E-state index in [-0.39, 0.29) is 83.3 Å². The molecule has 5 aliphatic rings. The van der Waals surface area contributed by atoms with Crippen molar-refractivity contribution in [2.75, 3.05) is 78.4 Å². The Labute approximate surface area is 661 Å². The van der Waals surface area contributed by atoms with Crippen molar-refractivity contribution in [2.24, 2.45) is 17.8 Å². The predicted octanol–water partition coefficient (Wildman–Crippen LogP) is 5.58. The largest absolute Gasteiger partial charge is 0.453 e. The SMILES string of the molecule is COC(=O)N[C@H](C(=O)N1CCC[C@H]1C(=O)O)C(C)C.COC(=O)N[C@H](C(=O)N1CCC[C@H]1C(=O)OCC(=O)c1ccc(-c2ccc(C(=O)COC(=O)[C@@H]3CCCN3C(=O)[C@@H](NC(=O)OC)C(C)C)c3c2OCO3)cc1)C(C)C.I[I-][XeH].O=C(CBr)c1ccc(-c2ccc(C(=O)CBr)c3c2OCO3)cc1. The van der Waals surface area contributed by atoms with Crippen LogP contribution in [0.25, 0.3) is 22.3 Å². The maximum Gasteiger partial charge on any atom is 0.231 e. The molecule has 5 aliphatic heterocycles. The van der Waals surface area contributed by atoms with Gasteiger partial charge in [-0.1, -0.05) is 122 Å². The molecule has 0 aliphatic carbocycles. The Hall–Kier alpha value is -6.62. The smallest absolute Gasteiger partial charge is 0.231 e. The van der Waals surface area contributed by atoms with Gasteiger partial charge in [-0.15, -0.1) is 0 Å². The molecule has 0 spiro atoms. The second kappa shape index (κ2) is 42.1. The van der Waals surface area contributed by atoms with Gasteiger partial charge in [0.1, 0.15) is 36.3 Å². The summed E-state index contributed by atoms with van der Waals surface area (Å²) in [6.07, 6.45) is 0.636. The number of carbonyl (C=O) groups excluding carboxylic acids is 12. The van der Waals surface area contributed by atoms with Gasteiger partial charge in [0.05, 0.1) is 43.1 Å². The van der Waals surface area contributed by atoms with Crippen LogP contribution >= 0.6 is 50.5 Å². The number of Topliss-reactive ketones (excluding diaryl/α,β-unsaturated/α-hetero) is 4. The number of hydrogen-bond donors (Lipinski definition) is 4. The quantitative estimate of drug-likeness (QED) is 0.0219. The molecule has 4 N–H and O–H groups in total. The van der Waals surface area contributed by atoms with E-state index in [1.54, 1.807) is 90.1 Å². The van der Waals surface area contributed by atoms with Crippen LogP contribution in [-0.4, -0.2) is 212 Å². The molecule has 3 fully saturated rings. The van der Waals surface area contributed by atoms with E-state index >= 15 is 0 Å². The number of rotatable bonds is 24. The molecule has 0 bridgehead atoms. The molecule has 3 saturated heterocycles. The molecule has 0 radical (unpaired) electrons. The molecule has 29 nitrogen and oxygen atoms in total. The third-order valence-electron chi connectivity index (χ3n) is 17.2. The summed E-state index contributed by atoms with van der Waals surface area (Å²) in [6, 6.07) is 15.2. The molecule has 104 heavy (non-hydrogen) atoms. The van der Waals surface area contributed by atoms with E-state index < -0.39 is 109 Å². The monoisotopic (exact) mass is 1920 g/mol. The average Bonchev–Trinajstić information content (AvgIpc) is 1.59. The number of halogens is 4. The van der Waals surface area contributed by atoms with Crippen LogP contribution in [0.4, 0.5) is 14.4 Å². The molecule has 568 valence electrons. The zero-order chi connectivity index (χ0) is 76.6. The summed E-state index contributed by atoms with van der Waals surface area (Å²) < 4.78 is 46.9. The summed E-state index contributed by atoms with van der Waals surface area (Å²) in [6.45, 7) is 10.8. The Morgan fingerprint density at radius 2 is 0.808 bits per heavy atom. The van der Waals surface area contributed by atoms with Gasteiger partial charge in [0.2, 0.25) is 37.1 Å². The normalized spacial score (nSPS) is 16.8. The average molecular weight is 1920 g/mol. The number of nitrogens with zero attached hydrogens (tertiary/aromatic N) is 3. The maximum absolute atomic E-state index is 13.3. The predicted molar refractivity (Wildman–Crippen MR) is 383 cm³/mol. The summed E-state index contributed by atoms with van der Waals surface area (Å²) in [5, 5.41) is 17.1. The standard InChI is InChI=1S/C41H50N4O14.C17H12Br2O4.C12H20N2O5.HI2Xe/c1-22(2)32(42-40(52)54-5)36(48)44-17-7-9-28(44)38(50)56-19-30(46)25-13-11-24(12-14-25)26-15-16-27(35-34(26)58-21-59-35)31(47)20-57-39(51)29-10-8-18-45(29)37(49)33(23(3)4)43-41(53)55-6;18-7-14(20)11-3-1-10(2-4-11)12-5-6-13(15(21)8-19)17-16(12)22-9-23-17;1-7(2)9(13-12(18)19-3)10(15)14-6-4-5-8(14)11(16)17;1-2-3/h11-16,22-23,28-29,32-33H,7-10,17-21H2,1-6H3,(H,42,52)(H,43,53);1-6H,7-9H2;7-9H,4-6H2,1-3H3,(H,13,18)(H,16,17);3H/q;;;-1/t28-,29-,32-,33-;;8-,9-;/m0.0./s1. The van der Waals surface area contributed by atoms with Crippen molar-refractivity contribution in [1.29, 1.82) is 0 Å². The Morgan fingerprint density at radius 1 is 0.490 bits per heavy atom. The number of ether oxygens (including phenoxy) is 9. The van der Waals surface area contributed by atoms with Crippen molar-refractivity contribution in [3.63, 3.8) is 0 Å². The molecule has 9 rings (SSSR count). The van der Waals surface area contributed by atoms with Gasteiger partial charge in [0.25, 0.3) is 0 Å². The first-order chi connectivity index (χ1) is 49.6. The van der Waals surface area contributed by atoms with Crippen molar-refractivity contribution in [3.05, 3.63) is 95.1 Å². The number of esters is 2. The molecule has 0 unspecified atom stereocenters. The van der Waals surface area contributed by atoms with Gasteiger partial charge < -0.3 is 78.4 Å². The number of nitrogens with one attached hydrogen (secondary N) is 3. The number of benzene rings is 4. The van der Waals surface area contributed by atoms with Crippen molar-refractivity contribution >= 4 is 128 Å². The minimum Gasteiger partial charge on any atom is -0.453 e. The summed E-state index contributed by atoms with van der Waals surface area (Å²) in [7, 11) is 3.59. The number of fused-ring (bicyclic) bond motifs is 2. The summed E-state index contributed by atoms with van der Waals surface area (Å²) in [4.78, 5) is 165. The Balaban J connectivity index is 0.000000304. The first-order valence-corrected chi connectivity index (χ1v) is 47.6. The molecule has 6 amide bonds. The van der Waals surface area contributed by atoms with Crippen LogP contribution in [0, 0.1) is 58.2 Å². The van der Waals surface area contributed by atoms with Gasteiger partial charge in [0.15, 0.2) is 53.6 Å². The van der Waals surface area contributed by atoms with E-state index in [4.69, 9.17) is 33.5 Å². The van der Waals surface area contributed by atoms with Crippen LogP contribution in [0.1, 0.15) is 121 Å². The van der Waals surface area contributed by atoms with Crippen LogP contribution in [0.3, 0.4) is 0 Å². The van der Waals surface area contributed by atoms with E-state index in [0.717, 1.165) is 11.1 Å². The number of carboxylic acids is 1. The minimum atomic E-state index is -1.01. The van der Waals surface area contributed by atoms with Crippen molar-refractivity contribution in [3.8, 4) is 45.3 Å². The zero-order valence-corrected chi connectivity index (χ0v) is 68.0. The van der Waals surface area contributed by atoms with Gasteiger partial charge in [0, 0.05) is 41.9 Å². The second-order valence-electron chi connectivity index (χ2n) is 24.8. The van der Waals surface area contributed by atoms with Crippen molar-refractivity contribution in [2.45, 2.75) is 116 Å². The summed E-state index contributed by atoms with van der Waals surface area (Å²) in [5.41, 5.74) is 4.44. The number of ketones is 4. The molecule has 6 atom stereocenters.